The van der Waals surface area contributed by atoms with Crippen LogP contribution >= 0.6 is 0 Å². The Bertz CT molecular complexity index is 1330. The van der Waals surface area contributed by atoms with Gasteiger partial charge in [-0.15, -0.1) is 0 Å². The molecule has 450 valence electrons. The molecule has 6 nitrogen and oxygen atoms in total. The molecule has 0 aromatic carbocycles. The zero-order valence-electron chi connectivity index (χ0n) is 51.7. The largest absolute Gasteiger partial charge is 0.462 e. The van der Waals surface area contributed by atoms with Crippen LogP contribution < -0.4 is 0 Å². The third-order valence-electron chi connectivity index (χ3n) is 15.3. The minimum Gasteiger partial charge on any atom is -0.462 e. The summed E-state index contributed by atoms with van der Waals surface area (Å²) in [6, 6.07) is 0. The van der Waals surface area contributed by atoms with E-state index in [1.54, 1.807) is 0 Å². The van der Waals surface area contributed by atoms with Gasteiger partial charge in [-0.3, -0.25) is 14.4 Å². The number of hydrogen-bond donors (Lipinski definition) is 0. The van der Waals surface area contributed by atoms with Crippen LogP contribution in [0.4, 0.5) is 0 Å². The number of allylic oxidation sites excluding steroid dienone is 8. The summed E-state index contributed by atoms with van der Waals surface area (Å²) in [6.45, 7) is 6.56. The summed E-state index contributed by atoms with van der Waals surface area (Å²) in [7, 11) is 0. The molecule has 1 unspecified atom stereocenters. The van der Waals surface area contributed by atoms with Crippen molar-refractivity contribution in [3.05, 3.63) is 48.6 Å². The van der Waals surface area contributed by atoms with Crippen LogP contribution in [0.1, 0.15) is 367 Å². The van der Waals surface area contributed by atoms with Crippen molar-refractivity contribution in [1.29, 1.82) is 0 Å². The van der Waals surface area contributed by atoms with Crippen molar-refractivity contribution in [2.24, 2.45) is 0 Å². The quantitative estimate of drug-likeness (QED) is 0.0261. The number of esters is 3. The van der Waals surface area contributed by atoms with Gasteiger partial charge >= 0.3 is 17.9 Å². The third-order valence-corrected chi connectivity index (χ3v) is 15.3. The molecule has 0 bridgehead atoms. The van der Waals surface area contributed by atoms with Crippen molar-refractivity contribution in [1.82, 2.24) is 0 Å². The Hall–Kier alpha value is -2.63. The van der Waals surface area contributed by atoms with Crippen molar-refractivity contribution in [3.63, 3.8) is 0 Å². The fourth-order valence-electron chi connectivity index (χ4n) is 10.2. The summed E-state index contributed by atoms with van der Waals surface area (Å²) >= 11 is 0. The van der Waals surface area contributed by atoms with Gasteiger partial charge in [-0.05, 0) is 77.0 Å². The topological polar surface area (TPSA) is 78.9 Å². The second kappa shape index (κ2) is 65.9. The van der Waals surface area contributed by atoms with Gasteiger partial charge in [0.25, 0.3) is 0 Å². The fourth-order valence-corrected chi connectivity index (χ4v) is 10.2. The van der Waals surface area contributed by atoms with Crippen LogP contribution in [0.25, 0.3) is 0 Å². The monoisotopic (exact) mass is 1080 g/mol. The van der Waals surface area contributed by atoms with E-state index in [1.165, 1.54) is 244 Å². The number of carbonyl (C=O) groups excluding carboxylic acids is 3. The lowest BCUT2D eigenvalue weighted by Crippen LogP contribution is -2.30. The van der Waals surface area contributed by atoms with E-state index < -0.39 is 6.10 Å². The first kappa shape index (κ1) is 74.4. The Kier molecular flexibility index (Phi) is 63.6. The Morgan fingerprint density at radius 2 is 0.506 bits per heavy atom. The molecule has 0 aliphatic rings. The van der Waals surface area contributed by atoms with Gasteiger partial charge in [0.2, 0.25) is 0 Å². The highest BCUT2D eigenvalue weighted by molar-refractivity contribution is 5.71. The summed E-state index contributed by atoms with van der Waals surface area (Å²) in [5.74, 6) is -0.884. The first-order valence-corrected chi connectivity index (χ1v) is 34.1. The van der Waals surface area contributed by atoms with Crippen LogP contribution in [0.15, 0.2) is 48.6 Å². The predicted octanol–water partition coefficient (Wildman–Crippen LogP) is 23.3. The Morgan fingerprint density at radius 1 is 0.273 bits per heavy atom. The van der Waals surface area contributed by atoms with Crippen molar-refractivity contribution >= 4 is 17.9 Å². The summed E-state index contributed by atoms with van der Waals surface area (Å²) in [4.78, 5) is 38.3. The van der Waals surface area contributed by atoms with Crippen molar-refractivity contribution in [2.45, 2.75) is 374 Å². The summed E-state index contributed by atoms with van der Waals surface area (Å²) in [5, 5.41) is 0. The maximum Gasteiger partial charge on any atom is 0.306 e. The van der Waals surface area contributed by atoms with Gasteiger partial charge in [0.05, 0.1) is 0 Å². The summed E-state index contributed by atoms with van der Waals surface area (Å²) in [5.41, 5.74) is 0. The lowest BCUT2D eigenvalue weighted by atomic mass is 10.0. The van der Waals surface area contributed by atoms with E-state index in [4.69, 9.17) is 14.2 Å². The zero-order valence-corrected chi connectivity index (χ0v) is 51.7. The lowest BCUT2D eigenvalue weighted by molar-refractivity contribution is -0.167. The van der Waals surface area contributed by atoms with E-state index in [2.05, 4.69) is 69.4 Å². The number of hydrogen-bond acceptors (Lipinski definition) is 6. The van der Waals surface area contributed by atoms with Gasteiger partial charge in [0, 0.05) is 19.3 Å². The first-order chi connectivity index (χ1) is 38.0. The highest BCUT2D eigenvalue weighted by atomic mass is 16.6. The molecular formula is C71H130O6. The Labute approximate surface area is 479 Å². The molecule has 0 aliphatic carbocycles. The van der Waals surface area contributed by atoms with E-state index in [-0.39, 0.29) is 31.1 Å². The molecule has 0 aromatic heterocycles. The third kappa shape index (κ3) is 64.1. The fraction of sp³-hybridized carbons (Fsp3) is 0.845. The molecule has 77 heavy (non-hydrogen) atoms. The molecule has 0 amide bonds. The van der Waals surface area contributed by atoms with Gasteiger partial charge in [-0.2, -0.15) is 0 Å². The Morgan fingerprint density at radius 3 is 0.818 bits per heavy atom. The van der Waals surface area contributed by atoms with E-state index in [9.17, 15) is 14.4 Å². The highest BCUT2D eigenvalue weighted by Gasteiger charge is 2.19. The molecule has 0 aliphatic heterocycles. The minimum absolute atomic E-state index is 0.0780. The van der Waals surface area contributed by atoms with E-state index in [0.717, 1.165) is 83.5 Å². The lowest BCUT2D eigenvalue weighted by Gasteiger charge is -2.18. The van der Waals surface area contributed by atoms with E-state index in [1.807, 2.05) is 0 Å². The molecular weight excluding hydrogens is 949 g/mol. The van der Waals surface area contributed by atoms with Crippen LogP contribution in [0.5, 0.6) is 0 Å². The smallest absolute Gasteiger partial charge is 0.306 e. The predicted molar refractivity (Wildman–Crippen MR) is 335 cm³/mol. The maximum atomic E-state index is 12.9. The van der Waals surface area contributed by atoms with Gasteiger partial charge in [-0.1, -0.05) is 320 Å². The number of unbranched alkanes of at least 4 members (excludes halogenated alkanes) is 44. The highest BCUT2D eigenvalue weighted by Crippen LogP contribution is 2.18. The molecule has 0 saturated carbocycles. The van der Waals surface area contributed by atoms with Crippen LogP contribution in [0.3, 0.4) is 0 Å². The second-order valence-electron chi connectivity index (χ2n) is 23.1. The zero-order chi connectivity index (χ0) is 55.7. The van der Waals surface area contributed by atoms with Gasteiger partial charge in [-0.25, -0.2) is 0 Å². The van der Waals surface area contributed by atoms with Crippen LogP contribution in [0.2, 0.25) is 0 Å². The molecule has 0 rings (SSSR count). The van der Waals surface area contributed by atoms with Crippen molar-refractivity contribution < 1.29 is 28.6 Å². The minimum atomic E-state index is -0.783. The molecule has 0 radical (unpaired) electrons. The van der Waals surface area contributed by atoms with Crippen molar-refractivity contribution in [2.75, 3.05) is 13.2 Å². The average molecular weight is 1080 g/mol. The van der Waals surface area contributed by atoms with Gasteiger partial charge in [0.15, 0.2) is 6.10 Å². The second-order valence-corrected chi connectivity index (χ2v) is 23.1. The molecule has 0 heterocycles. The number of ether oxygens (including phenoxy) is 3. The molecule has 0 saturated heterocycles. The van der Waals surface area contributed by atoms with Crippen molar-refractivity contribution in [3.8, 4) is 0 Å². The molecule has 0 fully saturated rings. The molecule has 0 N–H and O–H groups in total. The standard InChI is InChI=1S/C71H130O6/c1-4-7-10-13-16-19-22-25-27-29-31-32-33-34-35-36-37-38-40-41-43-46-49-52-55-58-61-64-70(73)76-67-68(66-75-69(72)63-60-57-54-51-48-45-24-21-18-15-12-9-6-3)77-71(74)65-62-59-56-53-50-47-44-42-39-30-28-26-23-20-17-14-11-8-5-2/h9,12,18,21,29,31,45,48,68H,4-8,10-11,13-17,19-20,22-28,30,32-44,46-47,49-67H2,1-3H3/b12-9-,21-18-,31-29-,48-45-. The van der Waals surface area contributed by atoms with E-state index in [0.29, 0.717) is 19.3 Å². The van der Waals surface area contributed by atoms with Gasteiger partial charge < -0.3 is 14.2 Å². The summed E-state index contributed by atoms with van der Waals surface area (Å²) in [6.07, 6.45) is 82.9. The SMILES string of the molecule is CC/C=C\C/C=C\C/C=C\CCCCCC(=O)OCC(COC(=O)CCCCCCCCCCCCCCCCC/C=C\CCCCCCCCCC)OC(=O)CCCCCCCCCCCCCCCCCCCCC. The average Bonchev–Trinajstić information content (AvgIpc) is 3.43. The number of carbonyl (C=O) groups is 3. The molecule has 6 heteroatoms. The normalized spacial score (nSPS) is 12.3. The molecule has 0 aromatic rings. The summed E-state index contributed by atoms with van der Waals surface area (Å²) < 4.78 is 16.9. The first-order valence-electron chi connectivity index (χ1n) is 34.1. The Balaban J connectivity index is 4.22. The molecule has 0 spiro atoms. The maximum absolute atomic E-state index is 12.9. The number of rotatable bonds is 63. The van der Waals surface area contributed by atoms with Crippen LogP contribution in [0, 0.1) is 0 Å². The van der Waals surface area contributed by atoms with Crippen LogP contribution in [-0.2, 0) is 28.6 Å². The van der Waals surface area contributed by atoms with E-state index >= 15 is 0 Å². The van der Waals surface area contributed by atoms with Gasteiger partial charge in [0.1, 0.15) is 13.2 Å². The molecule has 1 atom stereocenters. The van der Waals surface area contributed by atoms with Crippen LogP contribution in [-0.4, -0.2) is 37.2 Å².